The Bertz CT molecular complexity index is 2200. The number of piperazine rings is 1. The largest absolute Gasteiger partial charge is 0.489 e. The molecule has 3 aromatic carbocycles. The number of fused-ring (bicyclic) bond motifs is 1. The van der Waals surface area contributed by atoms with Gasteiger partial charge in [-0.25, -0.2) is 4.39 Å². The lowest BCUT2D eigenvalue weighted by Gasteiger charge is -2.63. The summed E-state index contributed by atoms with van der Waals surface area (Å²) >= 11 is 6.23. The van der Waals surface area contributed by atoms with Gasteiger partial charge in [0, 0.05) is 61.1 Å². The molecule has 2 saturated heterocycles. The Morgan fingerprint density at radius 2 is 1.58 bits per heavy atom. The molecule has 59 heavy (non-hydrogen) atoms. The first-order valence-electron chi connectivity index (χ1n) is 20.4. The maximum atomic E-state index is 15.3. The summed E-state index contributed by atoms with van der Waals surface area (Å²) < 4.78 is 21.7. The van der Waals surface area contributed by atoms with E-state index in [2.05, 4.69) is 49.3 Å². The molecule has 1 unspecified atom stereocenters. The number of hydrogen-bond acceptors (Lipinski definition) is 9. The van der Waals surface area contributed by atoms with Crippen molar-refractivity contribution in [2.75, 3.05) is 37.6 Å². The number of carbonyl (C=O) groups excluding carboxylic acids is 5. The Hall–Kier alpha value is -5.32. The minimum Gasteiger partial charge on any atom is -0.489 e. The standard InChI is InChI=1S/C45H50ClFN6O6/c1-44(2)42(45(3,4)43(44)59-30-15-14-29(26-48)33(46)23-30)50-38(55)28-12-10-27(11-13-28)9-7-5-6-8-18-51-19-21-52(22-20-51)36-25-32-31(24-34(36)47)40(57)53(41(32)58)35-16-17-37(54)49-39(35)56/h10-15,23-25,35,42-43H,5-9,16-22H2,1-4H3,(H,50,55)(H,49,54,56)/t35?,42-,43-. The van der Waals surface area contributed by atoms with Crippen LogP contribution >= 0.6 is 11.6 Å². The monoisotopic (exact) mass is 824 g/mol. The van der Waals surface area contributed by atoms with Gasteiger partial charge in [-0.2, -0.15) is 5.26 Å². The molecule has 4 aliphatic rings. The fourth-order valence-electron chi connectivity index (χ4n) is 9.58. The number of halogens is 2. The third-order valence-corrected chi connectivity index (χ3v) is 12.9. The van der Waals surface area contributed by atoms with Gasteiger partial charge >= 0.3 is 0 Å². The molecule has 0 spiro atoms. The van der Waals surface area contributed by atoms with Crippen molar-refractivity contribution in [2.45, 2.75) is 90.8 Å². The zero-order chi connectivity index (χ0) is 42.2. The fourth-order valence-corrected chi connectivity index (χ4v) is 9.80. The molecular formula is C45H50ClFN6O6. The van der Waals surface area contributed by atoms with Crippen molar-refractivity contribution in [3.05, 3.63) is 93.3 Å². The number of carbonyl (C=O) groups is 5. The lowest BCUT2D eigenvalue weighted by Crippen LogP contribution is -2.74. The number of benzene rings is 3. The van der Waals surface area contributed by atoms with Crippen LogP contribution in [0.15, 0.2) is 54.6 Å². The van der Waals surface area contributed by atoms with E-state index in [0.29, 0.717) is 35.0 Å². The number of anilines is 1. The first kappa shape index (κ1) is 41.8. The second kappa shape index (κ2) is 16.7. The fraction of sp³-hybridized carbons (Fsp3) is 0.467. The summed E-state index contributed by atoms with van der Waals surface area (Å²) in [4.78, 5) is 68.7. The van der Waals surface area contributed by atoms with Gasteiger partial charge < -0.3 is 15.0 Å². The normalized spacial score (nSPS) is 22.4. The Balaban J connectivity index is 0.811. The Morgan fingerprint density at radius 3 is 2.22 bits per heavy atom. The van der Waals surface area contributed by atoms with Crippen molar-refractivity contribution in [2.24, 2.45) is 10.8 Å². The quantitative estimate of drug-likeness (QED) is 0.150. The van der Waals surface area contributed by atoms with Crippen LogP contribution in [0.3, 0.4) is 0 Å². The van der Waals surface area contributed by atoms with Gasteiger partial charge in [0.15, 0.2) is 0 Å². The SMILES string of the molecule is CC1(C)[C@H](NC(=O)c2ccc(CCCCCCN3CCN(c4cc5c(cc4F)C(=O)N(C4CCC(=O)NC4=O)C5=O)CC3)cc2)C(C)(C)[C@H]1Oc1ccc(C#N)c(Cl)c1. The molecule has 12 nitrogen and oxygen atoms in total. The van der Waals surface area contributed by atoms with Crippen LogP contribution in [0.1, 0.15) is 108 Å². The zero-order valence-corrected chi connectivity index (χ0v) is 34.7. The third kappa shape index (κ3) is 8.30. The smallest absolute Gasteiger partial charge is 0.262 e. The highest BCUT2D eigenvalue weighted by Crippen LogP contribution is 2.55. The Morgan fingerprint density at radius 1 is 0.915 bits per heavy atom. The number of unbranched alkanes of at least 4 members (excludes halogenated alkanes) is 3. The molecule has 3 aromatic rings. The topological polar surface area (TPSA) is 152 Å². The zero-order valence-electron chi connectivity index (χ0n) is 33.9. The van der Waals surface area contributed by atoms with Crippen molar-refractivity contribution < 1.29 is 33.1 Å². The molecule has 14 heteroatoms. The molecule has 1 aliphatic carbocycles. The van der Waals surface area contributed by atoms with E-state index in [0.717, 1.165) is 62.7 Å². The lowest BCUT2D eigenvalue weighted by molar-refractivity contribution is -0.164. The van der Waals surface area contributed by atoms with Gasteiger partial charge in [-0.3, -0.25) is 39.1 Å². The van der Waals surface area contributed by atoms with Crippen LogP contribution in [0.4, 0.5) is 10.1 Å². The highest BCUT2D eigenvalue weighted by molar-refractivity contribution is 6.31. The Kier molecular flexibility index (Phi) is 11.9. The predicted molar refractivity (Wildman–Crippen MR) is 220 cm³/mol. The molecule has 0 aromatic heterocycles. The van der Waals surface area contributed by atoms with Crippen LogP contribution < -0.4 is 20.3 Å². The van der Waals surface area contributed by atoms with E-state index >= 15 is 4.39 Å². The molecule has 5 amide bonds. The number of hydrogen-bond donors (Lipinski definition) is 2. The Labute approximate surface area is 349 Å². The van der Waals surface area contributed by atoms with Crippen LogP contribution in [0.5, 0.6) is 5.75 Å². The molecule has 0 radical (unpaired) electrons. The summed E-state index contributed by atoms with van der Waals surface area (Å²) in [5.41, 5.74) is 1.77. The number of piperidine rings is 1. The van der Waals surface area contributed by atoms with Gasteiger partial charge in [0.25, 0.3) is 17.7 Å². The first-order chi connectivity index (χ1) is 28.1. The average molecular weight is 825 g/mol. The van der Waals surface area contributed by atoms with E-state index in [1.807, 2.05) is 29.2 Å². The number of imide groups is 2. The number of aryl methyl sites for hydroxylation is 1. The van der Waals surface area contributed by atoms with Crippen LogP contribution in [0, 0.1) is 28.0 Å². The summed E-state index contributed by atoms with van der Waals surface area (Å²) in [6, 6.07) is 16.2. The van der Waals surface area contributed by atoms with Gasteiger partial charge in [-0.05, 0) is 74.2 Å². The summed E-state index contributed by atoms with van der Waals surface area (Å²) in [5, 5.41) is 15.0. The van der Waals surface area contributed by atoms with Crippen molar-refractivity contribution in [1.82, 2.24) is 20.4 Å². The number of rotatable bonds is 13. The maximum Gasteiger partial charge on any atom is 0.262 e. The molecule has 7 rings (SSSR count). The van der Waals surface area contributed by atoms with Crippen LogP contribution in [0.25, 0.3) is 0 Å². The van der Waals surface area contributed by atoms with Crippen molar-refractivity contribution in [3.8, 4) is 11.8 Å². The van der Waals surface area contributed by atoms with Gasteiger partial charge in [0.1, 0.15) is 29.8 Å². The highest BCUT2D eigenvalue weighted by Gasteiger charge is 2.64. The summed E-state index contributed by atoms with van der Waals surface area (Å²) in [6.07, 6.45) is 5.04. The number of nitrogens with one attached hydrogen (secondary N) is 2. The molecule has 3 aliphatic heterocycles. The second-order valence-corrected chi connectivity index (χ2v) is 17.7. The van der Waals surface area contributed by atoms with Gasteiger partial charge in [0.2, 0.25) is 11.8 Å². The van der Waals surface area contributed by atoms with Crippen LogP contribution in [-0.4, -0.2) is 90.2 Å². The second-order valence-electron chi connectivity index (χ2n) is 17.3. The van der Waals surface area contributed by atoms with Crippen molar-refractivity contribution >= 4 is 46.8 Å². The summed E-state index contributed by atoms with van der Waals surface area (Å²) in [5.74, 6) is -2.63. The van der Waals surface area contributed by atoms with E-state index in [9.17, 15) is 29.2 Å². The summed E-state index contributed by atoms with van der Waals surface area (Å²) in [7, 11) is 0. The number of amides is 5. The molecular weight excluding hydrogens is 775 g/mol. The molecule has 1 atom stereocenters. The van der Waals surface area contributed by atoms with Crippen LogP contribution in [-0.2, 0) is 16.0 Å². The van der Waals surface area contributed by atoms with Crippen molar-refractivity contribution in [3.63, 3.8) is 0 Å². The number of nitriles is 1. The maximum absolute atomic E-state index is 15.3. The van der Waals surface area contributed by atoms with E-state index in [4.69, 9.17) is 16.3 Å². The van der Waals surface area contributed by atoms with E-state index in [1.165, 1.54) is 11.6 Å². The van der Waals surface area contributed by atoms with Crippen LogP contribution in [0.2, 0.25) is 5.02 Å². The third-order valence-electron chi connectivity index (χ3n) is 12.6. The van der Waals surface area contributed by atoms with E-state index in [-0.39, 0.29) is 58.5 Å². The minimum absolute atomic E-state index is 0.0185. The van der Waals surface area contributed by atoms with Crippen molar-refractivity contribution in [1.29, 1.82) is 5.26 Å². The number of ether oxygens (including phenoxy) is 1. The van der Waals surface area contributed by atoms with E-state index in [1.54, 1.807) is 18.2 Å². The highest BCUT2D eigenvalue weighted by atomic mass is 35.5. The molecule has 310 valence electrons. The lowest BCUT2D eigenvalue weighted by atomic mass is 9.49. The van der Waals surface area contributed by atoms with E-state index < -0.39 is 35.5 Å². The summed E-state index contributed by atoms with van der Waals surface area (Å²) in [6.45, 7) is 11.9. The first-order valence-corrected chi connectivity index (χ1v) is 20.8. The van der Waals surface area contributed by atoms with Gasteiger partial charge in [-0.15, -0.1) is 0 Å². The molecule has 3 fully saturated rings. The minimum atomic E-state index is -1.10. The molecule has 2 N–H and O–H groups in total. The molecule has 3 heterocycles. The predicted octanol–water partition coefficient (Wildman–Crippen LogP) is 6.29. The molecule has 0 bridgehead atoms. The number of nitrogens with zero attached hydrogens (tertiary/aromatic N) is 4. The molecule has 1 saturated carbocycles. The average Bonchev–Trinajstić information content (AvgIpc) is 3.44. The van der Waals surface area contributed by atoms with Gasteiger partial charge in [0.05, 0.1) is 27.4 Å². The van der Waals surface area contributed by atoms with Gasteiger partial charge in [-0.1, -0.05) is 64.3 Å².